The topological polar surface area (TPSA) is 109 Å². The number of carbonyl (C=O) groups is 3. The van der Waals surface area contributed by atoms with Crippen LogP contribution in [0.3, 0.4) is 0 Å². The number of furan rings is 1. The van der Waals surface area contributed by atoms with Crippen molar-refractivity contribution in [1.29, 1.82) is 0 Å². The minimum absolute atomic E-state index is 0.104. The Kier molecular flexibility index (Phi) is 5.10. The molecule has 2 N–H and O–H groups in total. The summed E-state index contributed by atoms with van der Waals surface area (Å²) in [6.07, 6.45) is 1.28. The van der Waals surface area contributed by atoms with Crippen molar-refractivity contribution in [3.63, 3.8) is 0 Å². The van der Waals surface area contributed by atoms with Gasteiger partial charge in [-0.15, -0.1) is 0 Å². The standard InChI is InChI=1S/C17H24N2O6/c1-5-12-11(6-9-24-12)13(20)19-8-7-17(10-19,14(21)22)18-15(23)25-16(2,3)4/h6,9H,5,7-8,10H2,1-4H3,(H,18,23)(H,21,22). The molecule has 2 amide bonds. The molecule has 8 heteroatoms. The normalized spacial score (nSPS) is 20.4. The Bertz CT molecular complexity index is 675. The number of amides is 2. The zero-order chi connectivity index (χ0) is 18.8. The molecule has 1 aliphatic heterocycles. The number of hydrogen-bond acceptors (Lipinski definition) is 5. The fourth-order valence-corrected chi connectivity index (χ4v) is 2.79. The molecular formula is C17H24N2O6. The van der Waals surface area contributed by atoms with Gasteiger partial charge in [0.1, 0.15) is 11.4 Å². The largest absolute Gasteiger partial charge is 0.479 e. The van der Waals surface area contributed by atoms with Crippen LogP contribution in [-0.4, -0.2) is 52.2 Å². The molecule has 1 fully saturated rings. The van der Waals surface area contributed by atoms with Crippen molar-refractivity contribution >= 4 is 18.0 Å². The summed E-state index contributed by atoms with van der Waals surface area (Å²) in [7, 11) is 0. The van der Waals surface area contributed by atoms with Gasteiger partial charge in [0.25, 0.3) is 5.91 Å². The van der Waals surface area contributed by atoms with E-state index in [1.165, 1.54) is 11.2 Å². The molecule has 1 aromatic heterocycles. The van der Waals surface area contributed by atoms with Gasteiger partial charge < -0.3 is 24.5 Å². The zero-order valence-electron chi connectivity index (χ0n) is 14.9. The van der Waals surface area contributed by atoms with Crippen LogP contribution in [-0.2, 0) is 16.0 Å². The Morgan fingerprint density at radius 2 is 2.08 bits per heavy atom. The number of carbonyl (C=O) groups excluding carboxylic acids is 2. The van der Waals surface area contributed by atoms with Crippen LogP contribution in [0, 0.1) is 0 Å². The summed E-state index contributed by atoms with van der Waals surface area (Å²) >= 11 is 0. The average molecular weight is 352 g/mol. The maximum absolute atomic E-state index is 12.6. The van der Waals surface area contributed by atoms with Gasteiger partial charge in [-0.25, -0.2) is 9.59 Å². The predicted molar refractivity (Wildman–Crippen MR) is 88.3 cm³/mol. The lowest BCUT2D eigenvalue weighted by molar-refractivity contribution is -0.144. The average Bonchev–Trinajstić information content (AvgIpc) is 3.11. The molecule has 8 nitrogen and oxygen atoms in total. The lowest BCUT2D eigenvalue weighted by atomic mass is 9.99. The Balaban J connectivity index is 2.14. The molecule has 0 aromatic carbocycles. The Morgan fingerprint density at radius 3 is 2.64 bits per heavy atom. The van der Waals surface area contributed by atoms with Crippen LogP contribution < -0.4 is 5.32 Å². The third-order valence-electron chi connectivity index (χ3n) is 4.00. The summed E-state index contributed by atoms with van der Waals surface area (Å²) in [6, 6.07) is 1.57. The first-order valence-electron chi connectivity index (χ1n) is 8.18. The van der Waals surface area contributed by atoms with E-state index < -0.39 is 23.2 Å². The van der Waals surface area contributed by atoms with Crippen molar-refractivity contribution in [3.8, 4) is 0 Å². The molecule has 2 rings (SSSR count). The van der Waals surface area contributed by atoms with Gasteiger partial charge in [-0.1, -0.05) is 6.92 Å². The molecule has 0 aliphatic carbocycles. The highest BCUT2D eigenvalue weighted by molar-refractivity contribution is 5.96. The van der Waals surface area contributed by atoms with E-state index in [4.69, 9.17) is 9.15 Å². The van der Waals surface area contributed by atoms with Crippen LogP contribution in [0.5, 0.6) is 0 Å². The first-order chi connectivity index (χ1) is 11.6. The van der Waals surface area contributed by atoms with Gasteiger partial charge in [0.2, 0.25) is 0 Å². The SMILES string of the molecule is CCc1occc1C(=O)N1CCC(NC(=O)OC(C)(C)C)(C(=O)O)C1. The molecule has 0 radical (unpaired) electrons. The monoisotopic (exact) mass is 352 g/mol. The fraction of sp³-hybridized carbons (Fsp3) is 0.588. The molecule has 138 valence electrons. The van der Waals surface area contributed by atoms with Crippen LogP contribution in [0.25, 0.3) is 0 Å². The van der Waals surface area contributed by atoms with Gasteiger partial charge in [-0.2, -0.15) is 0 Å². The summed E-state index contributed by atoms with van der Waals surface area (Å²) in [4.78, 5) is 37.8. The molecular weight excluding hydrogens is 328 g/mol. The number of likely N-dealkylation sites (tertiary alicyclic amines) is 1. The number of aryl methyl sites for hydroxylation is 1. The highest BCUT2D eigenvalue weighted by Crippen LogP contribution is 2.25. The first kappa shape index (κ1) is 18.8. The second-order valence-corrected chi connectivity index (χ2v) is 7.10. The molecule has 1 saturated heterocycles. The fourth-order valence-electron chi connectivity index (χ4n) is 2.79. The second-order valence-electron chi connectivity index (χ2n) is 7.10. The summed E-state index contributed by atoms with van der Waals surface area (Å²) < 4.78 is 10.4. The number of carboxylic acid groups (broad SMARTS) is 1. The zero-order valence-corrected chi connectivity index (χ0v) is 14.9. The van der Waals surface area contributed by atoms with Gasteiger partial charge in [0, 0.05) is 19.4 Å². The van der Waals surface area contributed by atoms with E-state index >= 15 is 0 Å². The number of hydrogen-bond donors (Lipinski definition) is 2. The molecule has 1 unspecified atom stereocenters. The van der Waals surface area contributed by atoms with Crippen molar-refractivity contribution in [2.45, 2.75) is 51.7 Å². The third-order valence-corrected chi connectivity index (χ3v) is 4.00. The van der Waals surface area contributed by atoms with Crippen molar-refractivity contribution in [3.05, 3.63) is 23.7 Å². The van der Waals surface area contributed by atoms with E-state index in [-0.39, 0.29) is 25.4 Å². The van der Waals surface area contributed by atoms with Gasteiger partial charge in [-0.05, 0) is 26.8 Å². The Morgan fingerprint density at radius 1 is 1.40 bits per heavy atom. The van der Waals surface area contributed by atoms with E-state index in [2.05, 4.69) is 5.32 Å². The van der Waals surface area contributed by atoms with Crippen LogP contribution in [0.1, 0.15) is 50.2 Å². The summed E-state index contributed by atoms with van der Waals surface area (Å²) in [5.74, 6) is -0.950. The smallest absolute Gasteiger partial charge is 0.408 e. The van der Waals surface area contributed by atoms with E-state index in [9.17, 15) is 19.5 Å². The predicted octanol–water partition coefficient (Wildman–Crippen LogP) is 2.04. The van der Waals surface area contributed by atoms with E-state index in [0.29, 0.717) is 17.7 Å². The highest BCUT2D eigenvalue weighted by Gasteiger charge is 2.48. The molecule has 0 bridgehead atoms. The Labute approximate surface area is 146 Å². The van der Waals surface area contributed by atoms with Gasteiger partial charge in [0.15, 0.2) is 5.54 Å². The summed E-state index contributed by atoms with van der Waals surface area (Å²) in [5, 5.41) is 12.0. The van der Waals surface area contributed by atoms with Crippen LogP contribution >= 0.6 is 0 Å². The molecule has 2 heterocycles. The van der Waals surface area contributed by atoms with Crippen LogP contribution in [0.2, 0.25) is 0 Å². The maximum Gasteiger partial charge on any atom is 0.408 e. The summed E-state index contributed by atoms with van der Waals surface area (Å²) in [5.41, 5.74) is -1.89. The Hall–Kier alpha value is -2.51. The number of nitrogens with one attached hydrogen (secondary N) is 1. The molecule has 1 aromatic rings. The number of carboxylic acids is 1. The van der Waals surface area contributed by atoms with Gasteiger partial charge >= 0.3 is 12.1 Å². The van der Waals surface area contributed by atoms with Gasteiger partial charge in [0.05, 0.1) is 18.4 Å². The van der Waals surface area contributed by atoms with E-state index in [1.807, 2.05) is 6.92 Å². The van der Waals surface area contributed by atoms with Gasteiger partial charge in [-0.3, -0.25) is 4.79 Å². The highest BCUT2D eigenvalue weighted by atomic mass is 16.6. The second kappa shape index (κ2) is 6.78. The maximum atomic E-state index is 12.6. The number of rotatable bonds is 4. The number of nitrogens with zero attached hydrogens (tertiary/aromatic N) is 1. The number of alkyl carbamates (subject to hydrolysis) is 1. The first-order valence-corrected chi connectivity index (χ1v) is 8.18. The minimum atomic E-state index is -1.56. The lowest BCUT2D eigenvalue weighted by Gasteiger charge is -2.28. The van der Waals surface area contributed by atoms with Crippen molar-refractivity contribution in [2.75, 3.05) is 13.1 Å². The van der Waals surface area contributed by atoms with Crippen LogP contribution in [0.4, 0.5) is 4.79 Å². The lowest BCUT2D eigenvalue weighted by Crippen LogP contribution is -2.57. The third kappa shape index (κ3) is 4.12. The van der Waals surface area contributed by atoms with Crippen molar-refractivity contribution < 1.29 is 28.6 Å². The quantitative estimate of drug-likeness (QED) is 0.858. The van der Waals surface area contributed by atoms with E-state index in [0.717, 1.165) is 0 Å². The van der Waals surface area contributed by atoms with E-state index in [1.54, 1.807) is 26.8 Å². The molecule has 1 atom stereocenters. The number of ether oxygens (including phenoxy) is 1. The minimum Gasteiger partial charge on any atom is -0.479 e. The molecule has 0 spiro atoms. The van der Waals surface area contributed by atoms with Crippen molar-refractivity contribution in [2.24, 2.45) is 0 Å². The van der Waals surface area contributed by atoms with Crippen LogP contribution in [0.15, 0.2) is 16.7 Å². The molecule has 0 saturated carbocycles. The molecule has 1 aliphatic rings. The summed E-state index contributed by atoms with van der Waals surface area (Å²) in [6.45, 7) is 7.02. The van der Waals surface area contributed by atoms with Crippen molar-refractivity contribution in [1.82, 2.24) is 10.2 Å². The molecule has 25 heavy (non-hydrogen) atoms. The number of aliphatic carboxylic acids is 1.